The van der Waals surface area contributed by atoms with Crippen LogP contribution in [-0.4, -0.2) is 0 Å². The molecule has 1 atom stereocenters. The van der Waals surface area contributed by atoms with Crippen LogP contribution in [0.5, 0.6) is 0 Å². The van der Waals surface area contributed by atoms with Crippen molar-refractivity contribution in [2.75, 3.05) is 0 Å². The van der Waals surface area contributed by atoms with E-state index in [4.69, 9.17) is 11.6 Å². The lowest BCUT2D eigenvalue weighted by Crippen LogP contribution is -1.97. The number of rotatable bonds is 3. The number of aryl methyl sites for hydroxylation is 1. The van der Waals surface area contributed by atoms with Gasteiger partial charge in [0, 0.05) is 5.02 Å². The molecule has 13 heavy (non-hydrogen) atoms. The fourth-order valence-corrected chi connectivity index (χ4v) is 1.78. The van der Waals surface area contributed by atoms with E-state index in [1.165, 1.54) is 17.5 Å². The largest absolute Gasteiger partial charge is 0.0843 e. The highest BCUT2D eigenvalue weighted by molar-refractivity contribution is 6.30. The van der Waals surface area contributed by atoms with E-state index in [2.05, 4.69) is 32.9 Å². The van der Waals surface area contributed by atoms with Gasteiger partial charge in [-0.2, -0.15) is 0 Å². The smallest absolute Gasteiger partial charge is 0.0408 e. The van der Waals surface area contributed by atoms with Crippen LogP contribution < -0.4 is 0 Å². The zero-order valence-electron chi connectivity index (χ0n) is 8.60. The molecule has 0 fully saturated rings. The lowest BCUT2D eigenvalue weighted by atomic mass is 9.93. The van der Waals surface area contributed by atoms with Crippen molar-refractivity contribution < 1.29 is 0 Å². The zero-order valence-corrected chi connectivity index (χ0v) is 9.36. The molecule has 0 bridgehead atoms. The van der Waals surface area contributed by atoms with Gasteiger partial charge in [-0.15, -0.1) is 0 Å². The van der Waals surface area contributed by atoms with Crippen molar-refractivity contribution >= 4 is 11.6 Å². The van der Waals surface area contributed by atoms with Crippen LogP contribution in [0.4, 0.5) is 0 Å². The lowest BCUT2D eigenvalue weighted by Gasteiger charge is -2.13. The molecular formula is C12H17Cl. The summed E-state index contributed by atoms with van der Waals surface area (Å²) in [6.07, 6.45) is 2.26. The summed E-state index contributed by atoms with van der Waals surface area (Å²) in [6, 6.07) is 6.24. The van der Waals surface area contributed by atoms with Gasteiger partial charge in [-0.1, -0.05) is 38.4 Å². The molecular weight excluding hydrogens is 180 g/mol. The van der Waals surface area contributed by atoms with Gasteiger partial charge in [0.15, 0.2) is 0 Å². The fraction of sp³-hybridized carbons (Fsp3) is 0.500. The second-order valence-corrected chi connectivity index (χ2v) is 3.94. The first-order valence-electron chi connectivity index (χ1n) is 4.97. The average molecular weight is 197 g/mol. The van der Waals surface area contributed by atoms with Crippen LogP contribution in [0.2, 0.25) is 5.02 Å². The van der Waals surface area contributed by atoms with E-state index in [0.717, 1.165) is 11.4 Å². The summed E-state index contributed by atoms with van der Waals surface area (Å²) in [6.45, 7) is 6.67. The SMILES string of the molecule is CCc1cc(Cl)ccc1C(C)CC. The van der Waals surface area contributed by atoms with Crippen molar-refractivity contribution in [2.45, 2.75) is 39.5 Å². The first kappa shape index (κ1) is 10.6. The van der Waals surface area contributed by atoms with Crippen molar-refractivity contribution in [3.63, 3.8) is 0 Å². The summed E-state index contributed by atoms with van der Waals surface area (Å²) in [5.74, 6) is 0.646. The van der Waals surface area contributed by atoms with Gasteiger partial charge in [0.1, 0.15) is 0 Å². The van der Waals surface area contributed by atoms with Gasteiger partial charge in [0.05, 0.1) is 0 Å². The molecule has 1 aromatic rings. The molecule has 1 aromatic carbocycles. The summed E-state index contributed by atoms with van der Waals surface area (Å²) in [5.41, 5.74) is 2.84. The molecule has 0 aliphatic heterocycles. The molecule has 0 aromatic heterocycles. The summed E-state index contributed by atoms with van der Waals surface area (Å²) < 4.78 is 0. The Morgan fingerprint density at radius 2 is 2.00 bits per heavy atom. The molecule has 0 radical (unpaired) electrons. The highest BCUT2D eigenvalue weighted by atomic mass is 35.5. The van der Waals surface area contributed by atoms with Crippen LogP contribution in [0.25, 0.3) is 0 Å². The van der Waals surface area contributed by atoms with Crippen molar-refractivity contribution in [3.05, 3.63) is 34.3 Å². The molecule has 0 heterocycles. The van der Waals surface area contributed by atoms with Gasteiger partial charge in [-0.25, -0.2) is 0 Å². The Hall–Kier alpha value is -0.490. The standard InChI is InChI=1S/C12H17Cl/c1-4-9(3)12-7-6-11(13)8-10(12)5-2/h6-9H,4-5H2,1-3H3. The van der Waals surface area contributed by atoms with E-state index < -0.39 is 0 Å². The average Bonchev–Trinajstić information content (AvgIpc) is 2.16. The van der Waals surface area contributed by atoms with E-state index in [0.29, 0.717) is 5.92 Å². The molecule has 0 aliphatic carbocycles. The highest BCUT2D eigenvalue weighted by Gasteiger charge is 2.07. The normalized spacial score (nSPS) is 12.9. The number of hydrogen-bond donors (Lipinski definition) is 0. The molecule has 1 rings (SSSR count). The molecule has 0 N–H and O–H groups in total. The molecule has 0 amide bonds. The predicted molar refractivity (Wildman–Crippen MR) is 59.5 cm³/mol. The van der Waals surface area contributed by atoms with Crippen LogP contribution in [0.3, 0.4) is 0 Å². The maximum atomic E-state index is 5.94. The fourth-order valence-electron chi connectivity index (χ4n) is 1.58. The Balaban J connectivity index is 3.05. The first-order chi connectivity index (χ1) is 6.19. The van der Waals surface area contributed by atoms with Gasteiger partial charge < -0.3 is 0 Å². The Morgan fingerprint density at radius 3 is 2.54 bits per heavy atom. The third-order valence-corrected chi connectivity index (χ3v) is 2.86. The van der Waals surface area contributed by atoms with Crippen molar-refractivity contribution in [3.8, 4) is 0 Å². The molecule has 0 saturated carbocycles. The maximum absolute atomic E-state index is 5.94. The van der Waals surface area contributed by atoms with E-state index in [1.807, 2.05) is 6.07 Å². The van der Waals surface area contributed by atoms with Gasteiger partial charge in [-0.3, -0.25) is 0 Å². The van der Waals surface area contributed by atoms with Crippen molar-refractivity contribution in [1.82, 2.24) is 0 Å². The minimum absolute atomic E-state index is 0.646. The van der Waals surface area contributed by atoms with Crippen LogP contribution in [0.15, 0.2) is 18.2 Å². The van der Waals surface area contributed by atoms with E-state index >= 15 is 0 Å². The van der Waals surface area contributed by atoms with E-state index in [9.17, 15) is 0 Å². The Bertz CT molecular complexity index is 278. The molecule has 0 aliphatic rings. The zero-order chi connectivity index (χ0) is 9.84. The third-order valence-electron chi connectivity index (χ3n) is 2.63. The number of hydrogen-bond acceptors (Lipinski definition) is 0. The predicted octanol–water partition coefficient (Wildman–Crippen LogP) is 4.42. The highest BCUT2D eigenvalue weighted by Crippen LogP contribution is 2.25. The van der Waals surface area contributed by atoms with Crippen LogP contribution in [0.1, 0.15) is 44.2 Å². The molecule has 0 saturated heterocycles. The second kappa shape index (κ2) is 4.66. The Morgan fingerprint density at radius 1 is 1.31 bits per heavy atom. The van der Waals surface area contributed by atoms with Crippen molar-refractivity contribution in [2.24, 2.45) is 0 Å². The van der Waals surface area contributed by atoms with Crippen LogP contribution in [0, 0.1) is 0 Å². The van der Waals surface area contributed by atoms with Crippen LogP contribution in [-0.2, 0) is 6.42 Å². The van der Waals surface area contributed by atoms with Crippen molar-refractivity contribution in [1.29, 1.82) is 0 Å². The quantitative estimate of drug-likeness (QED) is 0.672. The topological polar surface area (TPSA) is 0 Å². The third kappa shape index (κ3) is 2.47. The van der Waals surface area contributed by atoms with Crippen LogP contribution >= 0.6 is 11.6 Å². The van der Waals surface area contributed by atoms with Gasteiger partial charge in [-0.05, 0) is 42.0 Å². The van der Waals surface area contributed by atoms with Gasteiger partial charge in [0.25, 0.3) is 0 Å². The molecule has 72 valence electrons. The monoisotopic (exact) mass is 196 g/mol. The minimum Gasteiger partial charge on any atom is -0.0843 e. The van der Waals surface area contributed by atoms with E-state index in [-0.39, 0.29) is 0 Å². The Labute approximate surface area is 85.9 Å². The van der Waals surface area contributed by atoms with Gasteiger partial charge >= 0.3 is 0 Å². The first-order valence-corrected chi connectivity index (χ1v) is 5.35. The summed E-state index contributed by atoms with van der Waals surface area (Å²) in [4.78, 5) is 0. The molecule has 1 unspecified atom stereocenters. The van der Waals surface area contributed by atoms with Gasteiger partial charge in [0.2, 0.25) is 0 Å². The summed E-state index contributed by atoms with van der Waals surface area (Å²) >= 11 is 5.94. The van der Waals surface area contributed by atoms with E-state index in [1.54, 1.807) is 0 Å². The maximum Gasteiger partial charge on any atom is 0.0408 e. The number of halogens is 1. The summed E-state index contributed by atoms with van der Waals surface area (Å²) in [5, 5.41) is 0.851. The summed E-state index contributed by atoms with van der Waals surface area (Å²) in [7, 11) is 0. The molecule has 0 spiro atoms. The Kier molecular flexibility index (Phi) is 3.80. The molecule has 0 nitrogen and oxygen atoms in total. The lowest BCUT2D eigenvalue weighted by molar-refractivity contribution is 0.723. The second-order valence-electron chi connectivity index (χ2n) is 3.51. The minimum atomic E-state index is 0.646. The molecule has 1 heteroatoms. The number of benzene rings is 1.